The minimum atomic E-state index is -4.13. The van der Waals surface area contributed by atoms with Crippen LogP contribution in [0.25, 0.3) is 0 Å². The maximum Gasteiger partial charge on any atom is 0.265 e. The average Bonchev–Trinajstić information content (AvgIpc) is 1.95. The zero-order valence-electron chi connectivity index (χ0n) is 5.89. The molecule has 0 aliphatic heterocycles. The first-order valence-electron chi connectivity index (χ1n) is 2.92. The lowest BCUT2D eigenvalue weighted by atomic mass is 10.3. The number of benzene rings is 1. The summed E-state index contributed by atoms with van der Waals surface area (Å²) < 4.78 is 35.1. The minimum Gasteiger partial charge on any atom is -0.207 e. The smallest absolute Gasteiger partial charge is 0.207 e. The fourth-order valence-electron chi connectivity index (χ4n) is 0.732. The monoisotopic (exact) mass is 354 g/mol. The summed E-state index contributed by atoms with van der Waals surface area (Å²) in [7, 11) is 0.859. The molecule has 0 aromatic heterocycles. The summed E-state index contributed by atoms with van der Waals surface area (Å²) in [5.74, 6) is -0.914. The first kappa shape index (κ1) is 11.5. The van der Waals surface area contributed by atoms with Crippen LogP contribution in [0.3, 0.4) is 0 Å². The van der Waals surface area contributed by atoms with Crippen molar-refractivity contribution >= 4 is 53.9 Å². The maximum atomic E-state index is 13.2. The number of hydrogen-bond acceptors (Lipinski definition) is 2. The van der Waals surface area contributed by atoms with Crippen molar-refractivity contribution < 1.29 is 12.8 Å². The predicted molar refractivity (Wildman–Crippen MR) is 57.2 cm³/mol. The van der Waals surface area contributed by atoms with Crippen molar-refractivity contribution in [3.05, 3.63) is 26.5 Å². The van der Waals surface area contributed by atoms with Crippen molar-refractivity contribution in [2.45, 2.75) is 4.90 Å². The van der Waals surface area contributed by atoms with Gasteiger partial charge >= 0.3 is 0 Å². The lowest BCUT2D eigenvalue weighted by Gasteiger charge is -2.02. The largest absolute Gasteiger partial charge is 0.265 e. The van der Waals surface area contributed by atoms with E-state index in [1.54, 1.807) is 22.6 Å². The molecule has 72 valence electrons. The second kappa shape index (κ2) is 3.88. The van der Waals surface area contributed by atoms with E-state index in [0.29, 0.717) is 0 Å². The standard InChI is InChI=1S/C6H2Cl2FIO2S/c7-3-1-2-4(10)5(9)6(3)13(8,11)12/h1-2H. The van der Waals surface area contributed by atoms with Gasteiger partial charge < -0.3 is 0 Å². The van der Waals surface area contributed by atoms with E-state index in [0.717, 1.165) is 0 Å². The molecule has 0 saturated carbocycles. The Hall–Kier alpha value is 0.410. The number of halogens is 4. The normalized spacial score (nSPS) is 11.7. The van der Waals surface area contributed by atoms with E-state index >= 15 is 0 Å². The molecule has 1 rings (SSSR count). The zero-order chi connectivity index (χ0) is 10.2. The summed E-state index contributed by atoms with van der Waals surface area (Å²) in [4.78, 5) is -0.664. The van der Waals surface area contributed by atoms with Crippen LogP contribution < -0.4 is 0 Å². The Morgan fingerprint density at radius 2 is 1.92 bits per heavy atom. The SMILES string of the molecule is O=S(=O)(Cl)c1c(Cl)ccc(I)c1F. The van der Waals surface area contributed by atoms with Crippen LogP contribution in [0.1, 0.15) is 0 Å². The Bertz CT molecular complexity index is 446. The van der Waals surface area contributed by atoms with E-state index in [2.05, 4.69) is 0 Å². The Morgan fingerprint density at radius 1 is 1.38 bits per heavy atom. The van der Waals surface area contributed by atoms with Crippen LogP contribution >= 0.6 is 44.9 Å². The molecule has 0 heterocycles. The van der Waals surface area contributed by atoms with Crippen LogP contribution in [0, 0.1) is 9.39 Å². The molecule has 0 atom stereocenters. The highest BCUT2D eigenvalue weighted by Crippen LogP contribution is 2.29. The van der Waals surface area contributed by atoms with Crippen LogP contribution in [-0.2, 0) is 9.05 Å². The molecule has 0 unspecified atom stereocenters. The molecule has 0 aliphatic rings. The summed E-state index contributed by atoms with van der Waals surface area (Å²) in [5, 5.41) is -0.215. The summed E-state index contributed by atoms with van der Waals surface area (Å²) in [6, 6.07) is 2.64. The third-order valence-corrected chi connectivity index (χ3v) is 3.86. The quantitative estimate of drug-likeness (QED) is 0.441. The third-order valence-electron chi connectivity index (χ3n) is 1.25. The van der Waals surface area contributed by atoms with Crippen molar-refractivity contribution in [3.8, 4) is 0 Å². The van der Waals surface area contributed by atoms with Crippen molar-refractivity contribution in [1.82, 2.24) is 0 Å². The van der Waals surface area contributed by atoms with E-state index in [1.165, 1.54) is 12.1 Å². The molecule has 1 aromatic rings. The molecule has 1 aromatic carbocycles. The van der Waals surface area contributed by atoms with Gasteiger partial charge in [-0.15, -0.1) is 0 Å². The van der Waals surface area contributed by atoms with E-state index in [1.807, 2.05) is 0 Å². The summed E-state index contributed by atoms with van der Waals surface area (Å²) in [5.41, 5.74) is 0. The van der Waals surface area contributed by atoms with E-state index in [4.69, 9.17) is 22.3 Å². The molecule has 0 amide bonds. The van der Waals surface area contributed by atoms with Crippen LogP contribution in [-0.4, -0.2) is 8.42 Å². The Kier molecular flexibility index (Phi) is 3.43. The second-order valence-electron chi connectivity index (χ2n) is 2.11. The molecule has 7 heteroatoms. The summed E-state index contributed by atoms with van der Waals surface area (Å²) in [6.45, 7) is 0. The molecule has 0 radical (unpaired) electrons. The van der Waals surface area contributed by atoms with E-state index in [9.17, 15) is 12.8 Å². The third kappa shape index (κ3) is 2.45. The van der Waals surface area contributed by atoms with Gasteiger partial charge in [0.15, 0.2) is 5.82 Å². The van der Waals surface area contributed by atoms with Gasteiger partial charge in [-0.2, -0.15) is 0 Å². The Labute approximate surface area is 97.6 Å². The van der Waals surface area contributed by atoms with Crippen molar-refractivity contribution in [2.24, 2.45) is 0 Å². The second-order valence-corrected chi connectivity index (χ2v) is 6.18. The Balaban J connectivity index is 3.62. The average molecular weight is 355 g/mol. The fraction of sp³-hybridized carbons (Fsp3) is 0. The molecule has 0 aliphatic carbocycles. The number of rotatable bonds is 1. The van der Waals surface area contributed by atoms with Gasteiger partial charge in [-0.25, -0.2) is 12.8 Å². The zero-order valence-corrected chi connectivity index (χ0v) is 10.4. The van der Waals surface area contributed by atoms with Gasteiger partial charge in [-0.05, 0) is 34.7 Å². The van der Waals surface area contributed by atoms with Crippen molar-refractivity contribution in [1.29, 1.82) is 0 Å². The molecule has 0 fully saturated rings. The summed E-state index contributed by atoms with van der Waals surface area (Å²) >= 11 is 7.13. The van der Waals surface area contributed by atoms with Gasteiger partial charge in [-0.1, -0.05) is 11.6 Å². The minimum absolute atomic E-state index is 0.154. The summed E-state index contributed by atoms with van der Waals surface area (Å²) in [6.07, 6.45) is 0. The van der Waals surface area contributed by atoms with Gasteiger partial charge in [-0.3, -0.25) is 0 Å². The molecule has 0 spiro atoms. The Morgan fingerprint density at radius 3 is 2.31 bits per heavy atom. The van der Waals surface area contributed by atoms with Gasteiger partial charge in [0.25, 0.3) is 9.05 Å². The highest BCUT2D eigenvalue weighted by atomic mass is 127. The van der Waals surface area contributed by atoms with E-state index in [-0.39, 0.29) is 8.59 Å². The van der Waals surface area contributed by atoms with Gasteiger partial charge in [0.2, 0.25) is 0 Å². The first-order chi connectivity index (χ1) is 5.84. The van der Waals surface area contributed by atoms with Gasteiger partial charge in [0, 0.05) is 10.7 Å². The van der Waals surface area contributed by atoms with Crippen molar-refractivity contribution in [2.75, 3.05) is 0 Å². The topological polar surface area (TPSA) is 34.1 Å². The highest BCUT2D eigenvalue weighted by Gasteiger charge is 2.22. The highest BCUT2D eigenvalue weighted by molar-refractivity contribution is 14.1. The molecular weight excluding hydrogens is 353 g/mol. The lowest BCUT2D eigenvalue weighted by molar-refractivity contribution is 0.571. The molecule has 0 N–H and O–H groups in total. The van der Waals surface area contributed by atoms with Gasteiger partial charge in [0.1, 0.15) is 4.90 Å². The van der Waals surface area contributed by atoms with Crippen LogP contribution in [0.15, 0.2) is 17.0 Å². The molecule has 13 heavy (non-hydrogen) atoms. The molecule has 0 saturated heterocycles. The maximum absolute atomic E-state index is 13.2. The van der Waals surface area contributed by atoms with Crippen molar-refractivity contribution in [3.63, 3.8) is 0 Å². The number of hydrogen-bond donors (Lipinski definition) is 0. The molecular formula is C6H2Cl2FIO2S. The molecule has 2 nitrogen and oxygen atoms in total. The van der Waals surface area contributed by atoms with Gasteiger partial charge in [0.05, 0.1) is 8.59 Å². The van der Waals surface area contributed by atoms with E-state index < -0.39 is 19.8 Å². The van der Waals surface area contributed by atoms with Crippen LogP contribution in [0.4, 0.5) is 4.39 Å². The first-order valence-corrected chi connectivity index (χ1v) is 6.69. The van der Waals surface area contributed by atoms with Crippen LogP contribution in [0.2, 0.25) is 5.02 Å². The predicted octanol–water partition coefficient (Wildman–Crippen LogP) is 3.01. The molecule has 0 bridgehead atoms. The fourth-order valence-corrected chi connectivity index (χ4v) is 3.01. The van der Waals surface area contributed by atoms with Crippen LogP contribution in [0.5, 0.6) is 0 Å². The lowest BCUT2D eigenvalue weighted by Crippen LogP contribution is -1.98.